The van der Waals surface area contributed by atoms with E-state index in [-0.39, 0.29) is 17.6 Å². The van der Waals surface area contributed by atoms with Crippen molar-refractivity contribution in [3.05, 3.63) is 65.7 Å². The number of halogens is 2. The van der Waals surface area contributed by atoms with E-state index in [9.17, 15) is 18.4 Å². The Morgan fingerprint density at radius 1 is 1.00 bits per heavy atom. The molecule has 8 nitrogen and oxygen atoms in total. The first-order chi connectivity index (χ1) is 17.3. The van der Waals surface area contributed by atoms with E-state index in [0.29, 0.717) is 22.8 Å². The smallest absolute Gasteiger partial charge is 0.447 e. The van der Waals surface area contributed by atoms with Crippen LogP contribution in [-0.2, 0) is 14.9 Å². The minimum absolute atomic E-state index is 0.0935. The number of hydrogen-bond acceptors (Lipinski definition) is 6. The molecule has 2 heterocycles. The molecular formula is C27H27F2N3O5. The molecule has 4 rings (SSSR count). The summed E-state index contributed by atoms with van der Waals surface area (Å²) in [5, 5.41) is 5.50. The van der Waals surface area contributed by atoms with Crippen LogP contribution in [0.3, 0.4) is 0 Å². The highest BCUT2D eigenvalue weighted by molar-refractivity contribution is 5.98. The van der Waals surface area contributed by atoms with E-state index in [1.807, 2.05) is 19.1 Å². The number of pyridine rings is 1. The molecule has 37 heavy (non-hydrogen) atoms. The molecule has 0 spiro atoms. The predicted octanol–water partition coefficient (Wildman–Crippen LogP) is 6.25. The van der Waals surface area contributed by atoms with Gasteiger partial charge in [-0.2, -0.15) is 0 Å². The Morgan fingerprint density at radius 3 is 2.46 bits per heavy atom. The molecule has 3 aromatic rings. The van der Waals surface area contributed by atoms with Crippen molar-refractivity contribution >= 4 is 23.5 Å². The van der Waals surface area contributed by atoms with Crippen LogP contribution in [0, 0.1) is 6.92 Å². The molecule has 1 aliphatic heterocycles. The Balaban J connectivity index is 1.54. The molecule has 0 bridgehead atoms. The molecule has 0 aliphatic carbocycles. The second-order valence-electron chi connectivity index (χ2n) is 9.43. The number of ether oxygens (including phenoxy) is 3. The average Bonchev–Trinajstić information content (AvgIpc) is 3.12. The summed E-state index contributed by atoms with van der Waals surface area (Å²) in [6, 6.07) is 14.9. The van der Waals surface area contributed by atoms with E-state index in [1.165, 1.54) is 12.1 Å². The van der Waals surface area contributed by atoms with Gasteiger partial charge in [-0.15, -0.1) is 8.78 Å². The lowest BCUT2D eigenvalue weighted by Gasteiger charge is -2.24. The van der Waals surface area contributed by atoms with Crippen LogP contribution < -0.4 is 20.1 Å². The number of carbonyl (C=O) groups is 2. The third kappa shape index (κ3) is 5.79. The highest BCUT2D eigenvalue weighted by Crippen LogP contribution is 2.43. The van der Waals surface area contributed by atoms with E-state index in [4.69, 9.17) is 4.74 Å². The molecule has 2 amide bonds. The van der Waals surface area contributed by atoms with E-state index < -0.39 is 23.7 Å². The largest absolute Gasteiger partial charge is 0.586 e. The van der Waals surface area contributed by atoms with Crippen molar-refractivity contribution in [2.45, 2.75) is 52.4 Å². The number of nitrogens with zero attached hydrogens (tertiary/aromatic N) is 1. The number of nitrogens with one attached hydrogen (secondary N) is 2. The summed E-state index contributed by atoms with van der Waals surface area (Å²) in [6.45, 7) is 8.73. The van der Waals surface area contributed by atoms with Gasteiger partial charge in [0.15, 0.2) is 11.5 Å². The van der Waals surface area contributed by atoms with Crippen molar-refractivity contribution in [3.8, 4) is 22.8 Å². The molecule has 2 N–H and O–H groups in total. The molecule has 1 aromatic heterocycles. The van der Waals surface area contributed by atoms with Crippen molar-refractivity contribution in [2.75, 3.05) is 10.6 Å². The fourth-order valence-corrected chi connectivity index (χ4v) is 3.74. The van der Waals surface area contributed by atoms with Gasteiger partial charge in [-0.25, -0.2) is 9.78 Å². The zero-order valence-corrected chi connectivity index (χ0v) is 21.0. The van der Waals surface area contributed by atoms with E-state index in [2.05, 4.69) is 25.1 Å². The fraction of sp³-hybridized carbons (Fsp3) is 0.296. The van der Waals surface area contributed by atoms with Crippen LogP contribution in [0.5, 0.6) is 11.5 Å². The van der Waals surface area contributed by atoms with Crippen LogP contribution >= 0.6 is 0 Å². The molecule has 1 aliphatic rings. The number of aromatic nitrogens is 1. The number of anilines is 2. The number of rotatable bonds is 6. The van der Waals surface area contributed by atoms with Crippen LogP contribution in [0.4, 0.5) is 25.1 Å². The molecule has 0 radical (unpaired) electrons. The van der Waals surface area contributed by atoms with Gasteiger partial charge in [-0.05, 0) is 76.1 Å². The third-order valence-corrected chi connectivity index (χ3v) is 5.75. The van der Waals surface area contributed by atoms with E-state index in [0.717, 1.165) is 11.1 Å². The summed E-state index contributed by atoms with van der Waals surface area (Å²) in [5.74, 6) is -0.315. The summed E-state index contributed by atoms with van der Waals surface area (Å²) in [6.07, 6.45) is -4.56. The summed E-state index contributed by atoms with van der Waals surface area (Å²) < 4.78 is 40.9. The maximum atomic E-state index is 13.4. The Labute approximate surface area is 213 Å². The number of carbonyl (C=O) groups excluding carboxylic acids is 2. The molecule has 0 atom stereocenters. The lowest BCUT2D eigenvalue weighted by Crippen LogP contribution is -2.35. The molecule has 0 saturated carbocycles. The number of fused-ring (bicyclic) bond motifs is 1. The van der Waals surface area contributed by atoms with E-state index >= 15 is 0 Å². The van der Waals surface area contributed by atoms with Gasteiger partial charge in [0, 0.05) is 11.3 Å². The number of amides is 2. The molecule has 0 unspecified atom stereocenters. The fourth-order valence-electron chi connectivity index (χ4n) is 3.74. The second kappa shape index (κ2) is 9.68. The van der Waals surface area contributed by atoms with Crippen LogP contribution in [0.1, 0.15) is 38.8 Å². The SMILES string of the molecule is Cc1ccc(NC(=O)C(C)(C)c2ccc3c(c2)OC(F)(F)O3)nc1-c1cccc(NC(=O)OC(C)C)c1. The Bertz CT molecular complexity index is 1360. The Kier molecular flexibility index (Phi) is 6.77. The first-order valence-electron chi connectivity index (χ1n) is 11.6. The average molecular weight is 512 g/mol. The lowest BCUT2D eigenvalue weighted by molar-refractivity contribution is -0.286. The van der Waals surface area contributed by atoms with Gasteiger partial charge in [-0.3, -0.25) is 10.1 Å². The Morgan fingerprint density at radius 2 is 1.73 bits per heavy atom. The molecule has 0 fully saturated rings. The summed E-state index contributed by atoms with van der Waals surface area (Å²) >= 11 is 0. The van der Waals surface area contributed by atoms with Gasteiger partial charge in [0.2, 0.25) is 5.91 Å². The minimum atomic E-state index is -3.74. The van der Waals surface area contributed by atoms with Crippen molar-refractivity contribution in [1.29, 1.82) is 0 Å². The second-order valence-corrected chi connectivity index (χ2v) is 9.43. The van der Waals surface area contributed by atoms with Crippen LogP contribution in [0.2, 0.25) is 0 Å². The summed E-state index contributed by atoms with van der Waals surface area (Å²) in [7, 11) is 0. The van der Waals surface area contributed by atoms with Gasteiger partial charge < -0.3 is 19.5 Å². The molecule has 2 aromatic carbocycles. The highest BCUT2D eigenvalue weighted by atomic mass is 19.3. The minimum Gasteiger partial charge on any atom is -0.447 e. The topological polar surface area (TPSA) is 98.8 Å². The standard InChI is InChI=1S/C27H27F2N3O5/c1-15(2)35-25(34)30-19-8-6-7-17(13-19)23-16(3)9-12-22(31-23)32-24(33)26(4,5)18-10-11-20-21(14-18)37-27(28,29)36-20/h6-15H,1-5H3,(H,30,34)(H,31,32,33). The quantitative estimate of drug-likeness (QED) is 0.406. The lowest BCUT2D eigenvalue weighted by atomic mass is 9.83. The van der Waals surface area contributed by atoms with E-state index in [1.54, 1.807) is 58.0 Å². The predicted molar refractivity (Wildman–Crippen MR) is 134 cm³/mol. The van der Waals surface area contributed by atoms with Crippen molar-refractivity contribution in [3.63, 3.8) is 0 Å². The van der Waals surface area contributed by atoms with Crippen LogP contribution in [0.25, 0.3) is 11.3 Å². The Hall–Kier alpha value is -4.21. The van der Waals surface area contributed by atoms with Gasteiger partial charge in [-0.1, -0.05) is 24.3 Å². The van der Waals surface area contributed by atoms with Gasteiger partial charge >= 0.3 is 12.4 Å². The van der Waals surface area contributed by atoms with Gasteiger partial charge in [0.1, 0.15) is 5.82 Å². The monoisotopic (exact) mass is 511 g/mol. The van der Waals surface area contributed by atoms with Gasteiger partial charge in [0.05, 0.1) is 17.2 Å². The highest BCUT2D eigenvalue weighted by Gasteiger charge is 2.44. The van der Waals surface area contributed by atoms with Gasteiger partial charge in [0.25, 0.3) is 0 Å². The van der Waals surface area contributed by atoms with Crippen molar-refractivity contribution in [1.82, 2.24) is 4.98 Å². The molecular weight excluding hydrogens is 484 g/mol. The number of hydrogen-bond donors (Lipinski definition) is 2. The first-order valence-corrected chi connectivity index (χ1v) is 11.6. The number of alkyl halides is 2. The van der Waals surface area contributed by atoms with Crippen LogP contribution in [0.15, 0.2) is 54.6 Å². The van der Waals surface area contributed by atoms with Crippen LogP contribution in [-0.4, -0.2) is 29.4 Å². The summed E-state index contributed by atoms with van der Waals surface area (Å²) in [4.78, 5) is 29.8. The summed E-state index contributed by atoms with van der Waals surface area (Å²) in [5.41, 5.74) is 2.09. The molecule has 0 saturated heterocycles. The zero-order chi connectivity index (χ0) is 27.0. The number of aryl methyl sites for hydroxylation is 1. The number of benzene rings is 2. The molecule has 194 valence electrons. The molecule has 10 heteroatoms. The van der Waals surface area contributed by atoms with Crippen molar-refractivity contribution < 1.29 is 32.6 Å². The first kappa shape index (κ1) is 25.9. The maximum Gasteiger partial charge on any atom is 0.586 e. The zero-order valence-electron chi connectivity index (χ0n) is 21.0. The van der Waals surface area contributed by atoms with Crippen molar-refractivity contribution in [2.24, 2.45) is 0 Å². The third-order valence-electron chi connectivity index (χ3n) is 5.75. The maximum absolute atomic E-state index is 13.4. The normalized spacial score (nSPS) is 13.8.